The van der Waals surface area contributed by atoms with Crippen molar-refractivity contribution in [2.45, 2.75) is 26.7 Å². The van der Waals surface area contributed by atoms with Crippen molar-refractivity contribution in [3.05, 3.63) is 29.8 Å². The zero-order valence-electron chi connectivity index (χ0n) is 9.77. The van der Waals surface area contributed by atoms with Gasteiger partial charge in [0, 0.05) is 0 Å². The van der Waals surface area contributed by atoms with Crippen LogP contribution in [0.3, 0.4) is 0 Å². The van der Waals surface area contributed by atoms with Gasteiger partial charge >= 0.3 is 5.97 Å². The van der Waals surface area contributed by atoms with Crippen LogP contribution in [0.4, 0.5) is 0 Å². The van der Waals surface area contributed by atoms with Crippen molar-refractivity contribution < 1.29 is 14.6 Å². The second kappa shape index (κ2) is 6.16. The molecule has 0 fully saturated rings. The summed E-state index contributed by atoms with van der Waals surface area (Å²) in [4.78, 5) is 10.6. The minimum Gasteiger partial charge on any atom is -0.493 e. The molecule has 16 heavy (non-hydrogen) atoms. The van der Waals surface area contributed by atoms with E-state index in [1.807, 2.05) is 0 Å². The molecule has 0 heterocycles. The number of carboxylic acid groups (broad SMARTS) is 1. The Kier molecular flexibility index (Phi) is 4.83. The Morgan fingerprint density at radius 2 is 1.81 bits per heavy atom. The lowest BCUT2D eigenvalue weighted by Gasteiger charge is -2.13. The molecule has 1 rings (SSSR count). The second-order valence-electron chi connectivity index (χ2n) is 3.82. The normalized spacial score (nSPS) is 10.4. The van der Waals surface area contributed by atoms with Crippen molar-refractivity contribution in [3.8, 4) is 5.75 Å². The van der Waals surface area contributed by atoms with Gasteiger partial charge in [-0.15, -0.1) is 0 Å². The number of hydrogen-bond acceptors (Lipinski definition) is 2. The lowest BCUT2D eigenvalue weighted by Crippen LogP contribution is -2.10. The quantitative estimate of drug-likeness (QED) is 0.804. The minimum absolute atomic E-state index is 0.287. The van der Waals surface area contributed by atoms with Crippen molar-refractivity contribution in [1.82, 2.24) is 0 Å². The van der Waals surface area contributed by atoms with E-state index in [0.717, 1.165) is 18.6 Å². The Labute approximate surface area is 96.1 Å². The van der Waals surface area contributed by atoms with Crippen molar-refractivity contribution in [1.29, 1.82) is 0 Å². The maximum Gasteiger partial charge on any atom is 0.335 e. The molecule has 0 saturated carbocycles. The first-order valence-corrected chi connectivity index (χ1v) is 5.63. The lowest BCUT2D eigenvalue weighted by atomic mass is 10.1. The first-order chi connectivity index (χ1) is 7.67. The highest BCUT2D eigenvalue weighted by Crippen LogP contribution is 2.15. The van der Waals surface area contributed by atoms with Crippen molar-refractivity contribution >= 4 is 5.97 Å². The number of carboxylic acids is 1. The van der Waals surface area contributed by atoms with Crippen LogP contribution in [0.5, 0.6) is 5.75 Å². The van der Waals surface area contributed by atoms with E-state index >= 15 is 0 Å². The first kappa shape index (κ1) is 12.6. The zero-order chi connectivity index (χ0) is 12.0. The maximum atomic E-state index is 10.6. The van der Waals surface area contributed by atoms with E-state index in [1.165, 1.54) is 0 Å². The monoisotopic (exact) mass is 222 g/mol. The van der Waals surface area contributed by atoms with Crippen molar-refractivity contribution in [2.24, 2.45) is 5.92 Å². The summed E-state index contributed by atoms with van der Waals surface area (Å²) in [7, 11) is 0. The fraction of sp³-hybridized carbons (Fsp3) is 0.462. The van der Waals surface area contributed by atoms with E-state index in [2.05, 4.69) is 13.8 Å². The van der Waals surface area contributed by atoms with Gasteiger partial charge in [0.2, 0.25) is 0 Å². The molecule has 0 bridgehead atoms. The minimum atomic E-state index is -0.911. The predicted octanol–water partition coefficient (Wildman–Crippen LogP) is 3.20. The van der Waals surface area contributed by atoms with Crippen molar-refractivity contribution in [3.63, 3.8) is 0 Å². The molecule has 0 unspecified atom stereocenters. The number of hydrogen-bond donors (Lipinski definition) is 1. The van der Waals surface area contributed by atoms with Gasteiger partial charge in [0.25, 0.3) is 0 Å². The summed E-state index contributed by atoms with van der Waals surface area (Å²) in [5.74, 6) is 0.391. The highest BCUT2D eigenvalue weighted by atomic mass is 16.5. The van der Waals surface area contributed by atoms with Crippen LogP contribution >= 0.6 is 0 Å². The van der Waals surface area contributed by atoms with Crippen LogP contribution < -0.4 is 4.74 Å². The van der Waals surface area contributed by atoms with Gasteiger partial charge < -0.3 is 9.84 Å². The fourth-order valence-electron chi connectivity index (χ4n) is 1.43. The molecule has 0 radical (unpaired) electrons. The Bertz CT molecular complexity index is 326. The summed E-state index contributed by atoms with van der Waals surface area (Å²) in [5, 5.41) is 8.73. The molecule has 0 saturated heterocycles. The maximum absolute atomic E-state index is 10.6. The van der Waals surface area contributed by atoms with Gasteiger partial charge in [-0.2, -0.15) is 0 Å². The van der Waals surface area contributed by atoms with E-state index < -0.39 is 5.97 Å². The number of ether oxygens (including phenoxy) is 1. The summed E-state index contributed by atoms with van der Waals surface area (Å²) in [6, 6.07) is 6.52. The number of rotatable bonds is 6. The SMILES string of the molecule is CCC(CC)COc1ccc(C(=O)O)cc1. The van der Waals surface area contributed by atoms with Crippen LogP contribution in [0.2, 0.25) is 0 Å². The second-order valence-corrected chi connectivity index (χ2v) is 3.82. The molecule has 3 heteroatoms. The van der Waals surface area contributed by atoms with Crippen LogP contribution in [-0.4, -0.2) is 17.7 Å². The Hall–Kier alpha value is -1.51. The Morgan fingerprint density at radius 1 is 1.25 bits per heavy atom. The van der Waals surface area contributed by atoms with Gasteiger partial charge in [-0.1, -0.05) is 26.7 Å². The van der Waals surface area contributed by atoms with E-state index in [0.29, 0.717) is 12.5 Å². The highest BCUT2D eigenvalue weighted by Gasteiger charge is 2.05. The predicted molar refractivity (Wildman–Crippen MR) is 63.0 cm³/mol. The third-order valence-corrected chi connectivity index (χ3v) is 2.74. The van der Waals surface area contributed by atoms with Gasteiger partial charge in [0.15, 0.2) is 0 Å². The molecule has 0 aliphatic carbocycles. The van der Waals surface area contributed by atoms with Crippen LogP contribution in [0.15, 0.2) is 24.3 Å². The standard InChI is InChI=1S/C13H18O3/c1-3-10(4-2)9-16-12-7-5-11(6-8-12)13(14)15/h5-8,10H,3-4,9H2,1-2H3,(H,14,15). The Morgan fingerprint density at radius 3 is 2.25 bits per heavy atom. The molecule has 0 aliphatic rings. The molecule has 88 valence electrons. The first-order valence-electron chi connectivity index (χ1n) is 5.63. The van der Waals surface area contributed by atoms with Crippen molar-refractivity contribution in [2.75, 3.05) is 6.61 Å². The number of carbonyl (C=O) groups is 1. The molecule has 0 aromatic heterocycles. The van der Waals surface area contributed by atoms with E-state index in [1.54, 1.807) is 24.3 Å². The number of benzene rings is 1. The summed E-state index contributed by atoms with van der Waals surface area (Å²) >= 11 is 0. The lowest BCUT2D eigenvalue weighted by molar-refractivity contribution is 0.0697. The molecular formula is C13H18O3. The largest absolute Gasteiger partial charge is 0.493 e. The summed E-state index contributed by atoms with van der Waals surface area (Å²) in [6.07, 6.45) is 2.20. The van der Waals surface area contributed by atoms with Gasteiger partial charge in [0.1, 0.15) is 5.75 Å². The summed E-state index contributed by atoms with van der Waals surface area (Å²) in [5.41, 5.74) is 0.287. The smallest absolute Gasteiger partial charge is 0.335 e. The van der Waals surface area contributed by atoms with Crippen LogP contribution in [-0.2, 0) is 0 Å². The molecule has 0 spiro atoms. The zero-order valence-corrected chi connectivity index (χ0v) is 9.77. The fourth-order valence-corrected chi connectivity index (χ4v) is 1.43. The van der Waals surface area contributed by atoms with Crippen LogP contribution in [0.1, 0.15) is 37.0 Å². The molecular weight excluding hydrogens is 204 g/mol. The van der Waals surface area contributed by atoms with Gasteiger partial charge in [-0.3, -0.25) is 0 Å². The van der Waals surface area contributed by atoms with E-state index in [-0.39, 0.29) is 5.56 Å². The molecule has 0 aliphatic heterocycles. The van der Waals surface area contributed by atoms with Gasteiger partial charge in [-0.25, -0.2) is 4.79 Å². The summed E-state index contributed by atoms with van der Waals surface area (Å²) < 4.78 is 5.59. The topological polar surface area (TPSA) is 46.5 Å². The molecule has 3 nitrogen and oxygen atoms in total. The molecule has 1 aromatic rings. The van der Waals surface area contributed by atoms with E-state index in [4.69, 9.17) is 9.84 Å². The van der Waals surface area contributed by atoms with Crippen LogP contribution in [0, 0.1) is 5.92 Å². The van der Waals surface area contributed by atoms with Crippen LogP contribution in [0.25, 0.3) is 0 Å². The van der Waals surface area contributed by atoms with E-state index in [9.17, 15) is 4.79 Å². The van der Waals surface area contributed by atoms with Gasteiger partial charge in [0.05, 0.1) is 12.2 Å². The third kappa shape index (κ3) is 3.57. The van der Waals surface area contributed by atoms with Gasteiger partial charge in [-0.05, 0) is 30.2 Å². The molecule has 0 amide bonds. The molecule has 1 aromatic carbocycles. The summed E-state index contributed by atoms with van der Waals surface area (Å²) in [6.45, 7) is 4.98. The molecule has 0 atom stereocenters. The Balaban J connectivity index is 2.52. The highest BCUT2D eigenvalue weighted by molar-refractivity contribution is 5.87. The average Bonchev–Trinajstić information content (AvgIpc) is 2.31. The third-order valence-electron chi connectivity index (χ3n) is 2.74. The molecule has 1 N–H and O–H groups in total. The number of aromatic carboxylic acids is 1. The average molecular weight is 222 g/mol.